The smallest absolute Gasteiger partial charge is 0.376 e. The summed E-state index contributed by atoms with van der Waals surface area (Å²) in [6.07, 6.45) is 1.99. The second-order valence-electron chi connectivity index (χ2n) is 2.74. The minimum atomic E-state index is -3.31. The summed E-state index contributed by atoms with van der Waals surface area (Å²) in [5.41, 5.74) is 0. The van der Waals surface area contributed by atoms with Crippen molar-refractivity contribution >= 4 is 7.82 Å². The molecule has 1 atom stereocenters. The summed E-state index contributed by atoms with van der Waals surface area (Å²) in [5.74, 6) is 0. The molecule has 0 aromatic carbocycles. The number of hydrogen-bond acceptors (Lipinski definition) is 5. The maximum Gasteiger partial charge on any atom is 0.474 e. The van der Waals surface area contributed by atoms with E-state index in [1.165, 1.54) is 14.2 Å². The molecule has 0 bridgehead atoms. The number of rotatable bonds is 5. The highest BCUT2D eigenvalue weighted by molar-refractivity contribution is 7.48. The molecule has 13 heavy (non-hydrogen) atoms. The molecule has 1 fully saturated rings. The Hall–Kier alpha value is 0.0700. The van der Waals surface area contributed by atoms with E-state index in [1.807, 2.05) is 0 Å². The molecule has 6 heteroatoms. The molecular formula is C7H15O5P. The molecule has 0 aromatic rings. The van der Waals surface area contributed by atoms with Gasteiger partial charge in [0, 0.05) is 20.8 Å². The summed E-state index contributed by atoms with van der Waals surface area (Å²) in [4.78, 5) is 0. The molecule has 1 heterocycles. The Labute approximate surface area is 77.9 Å². The molecule has 1 rings (SSSR count). The van der Waals surface area contributed by atoms with Crippen molar-refractivity contribution in [3.8, 4) is 0 Å². The molecule has 0 aliphatic carbocycles. The number of phosphoric ester groups is 1. The molecule has 5 nitrogen and oxygen atoms in total. The minimum absolute atomic E-state index is 0.0265. The van der Waals surface area contributed by atoms with Gasteiger partial charge in [0.2, 0.25) is 0 Å². The zero-order valence-electron chi connectivity index (χ0n) is 7.89. The van der Waals surface area contributed by atoms with Crippen LogP contribution in [0.5, 0.6) is 0 Å². The Bertz CT molecular complexity index is 181. The molecule has 78 valence electrons. The molecule has 0 amide bonds. The predicted molar refractivity (Wildman–Crippen MR) is 46.6 cm³/mol. The first-order valence-corrected chi connectivity index (χ1v) is 5.64. The molecule has 1 aliphatic rings. The van der Waals surface area contributed by atoms with Crippen molar-refractivity contribution in [3.05, 3.63) is 0 Å². The molecule has 0 radical (unpaired) electrons. The van der Waals surface area contributed by atoms with Crippen molar-refractivity contribution in [3.63, 3.8) is 0 Å². The van der Waals surface area contributed by atoms with Gasteiger partial charge in [-0.1, -0.05) is 0 Å². The van der Waals surface area contributed by atoms with Crippen LogP contribution in [0.3, 0.4) is 0 Å². The van der Waals surface area contributed by atoms with E-state index in [1.54, 1.807) is 0 Å². The van der Waals surface area contributed by atoms with Gasteiger partial charge in [0.15, 0.2) is 0 Å². The summed E-state index contributed by atoms with van der Waals surface area (Å²) in [6.45, 7) is 1.01. The largest absolute Gasteiger partial charge is 0.474 e. The maximum absolute atomic E-state index is 11.4. The van der Waals surface area contributed by atoms with E-state index < -0.39 is 7.82 Å². The average Bonchev–Trinajstić information content (AvgIpc) is 2.67. The Morgan fingerprint density at radius 3 is 2.62 bits per heavy atom. The highest BCUT2D eigenvalue weighted by atomic mass is 31.2. The van der Waals surface area contributed by atoms with Crippen molar-refractivity contribution in [1.29, 1.82) is 0 Å². The van der Waals surface area contributed by atoms with E-state index in [0.29, 0.717) is 0 Å². The lowest BCUT2D eigenvalue weighted by Gasteiger charge is -2.15. The molecule has 0 N–H and O–H groups in total. The van der Waals surface area contributed by atoms with Gasteiger partial charge in [0.1, 0.15) is 0 Å². The standard InChI is InChI=1S/C7H15O5P/c1-9-13(8,10-2)12-6-7-4-3-5-11-7/h7H,3-6H2,1-2H3/t7-/m0/s1. The predicted octanol–water partition coefficient (Wildman–Crippen LogP) is 1.58. The van der Waals surface area contributed by atoms with Gasteiger partial charge >= 0.3 is 7.82 Å². The highest BCUT2D eigenvalue weighted by Gasteiger charge is 2.26. The maximum atomic E-state index is 11.4. The fourth-order valence-electron chi connectivity index (χ4n) is 1.13. The van der Waals surface area contributed by atoms with Crippen LogP contribution in [0.1, 0.15) is 12.8 Å². The molecular weight excluding hydrogens is 195 g/mol. The van der Waals surface area contributed by atoms with Crippen LogP contribution in [0.25, 0.3) is 0 Å². The third-order valence-corrected chi connectivity index (χ3v) is 3.25. The van der Waals surface area contributed by atoms with Crippen LogP contribution in [0.4, 0.5) is 0 Å². The summed E-state index contributed by atoms with van der Waals surface area (Å²) in [6, 6.07) is 0. The van der Waals surface area contributed by atoms with Crippen molar-refractivity contribution in [2.75, 3.05) is 27.4 Å². The number of hydrogen-bond donors (Lipinski definition) is 0. The van der Waals surface area contributed by atoms with Gasteiger partial charge in [-0.3, -0.25) is 13.6 Å². The van der Waals surface area contributed by atoms with Gasteiger partial charge in [0.05, 0.1) is 12.7 Å². The SMILES string of the molecule is COP(=O)(OC)OC[C@@H]1CCCO1. The topological polar surface area (TPSA) is 54.0 Å². The second kappa shape index (κ2) is 5.08. The van der Waals surface area contributed by atoms with Gasteiger partial charge in [-0.25, -0.2) is 4.57 Å². The molecule has 1 aliphatic heterocycles. The van der Waals surface area contributed by atoms with Gasteiger partial charge in [0.25, 0.3) is 0 Å². The minimum Gasteiger partial charge on any atom is -0.376 e. The van der Waals surface area contributed by atoms with Gasteiger partial charge in [-0.2, -0.15) is 0 Å². The van der Waals surface area contributed by atoms with Crippen LogP contribution >= 0.6 is 7.82 Å². The van der Waals surface area contributed by atoms with Crippen LogP contribution in [0, 0.1) is 0 Å². The first kappa shape index (κ1) is 11.1. The van der Waals surface area contributed by atoms with Crippen LogP contribution in [-0.4, -0.2) is 33.5 Å². The lowest BCUT2D eigenvalue weighted by Crippen LogP contribution is -2.13. The van der Waals surface area contributed by atoms with E-state index >= 15 is 0 Å². The Morgan fingerprint density at radius 2 is 2.15 bits per heavy atom. The second-order valence-corrected chi connectivity index (χ2v) is 4.63. The van der Waals surface area contributed by atoms with Crippen LogP contribution in [0.15, 0.2) is 0 Å². The molecule has 0 saturated carbocycles. The van der Waals surface area contributed by atoms with E-state index in [-0.39, 0.29) is 12.7 Å². The number of ether oxygens (including phenoxy) is 1. The lowest BCUT2D eigenvalue weighted by atomic mass is 10.2. The zero-order chi connectivity index (χ0) is 9.73. The van der Waals surface area contributed by atoms with Gasteiger partial charge in [-0.15, -0.1) is 0 Å². The molecule has 0 aromatic heterocycles. The lowest BCUT2D eigenvalue weighted by molar-refractivity contribution is 0.0480. The van der Waals surface area contributed by atoms with Crippen LogP contribution < -0.4 is 0 Å². The summed E-state index contributed by atoms with van der Waals surface area (Å²) in [7, 11) is -0.731. The molecule has 0 spiro atoms. The Balaban J connectivity index is 2.27. The third kappa shape index (κ3) is 3.37. The molecule has 0 unspecified atom stereocenters. The summed E-state index contributed by atoms with van der Waals surface area (Å²) < 4.78 is 30.9. The number of phosphoric acid groups is 1. The first-order chi connectivity index (χ1) is 6.20. The fourth-order valence-corrected chi connectivity index (χ4v) is 1.84. The van der Waals surface area contributed by atoms with Gasteiger partial charge in [-0.05, 0) is 12.8 Å². The first-order valence-electron chi connectivity index (χ1n) is 4.18. The molecule has 1 saturated heterocycles. The van der Waals surface area contributed by atoms with E-state index in [0.717, 1.165) is 19.4 Å². The normalized spacial score (nSPS) is 23.7. The highest BCUT2D eigenvalue weighted by Crippen LogP contribution is 2.47. The van der Waals surface area contributed by atoms with Crippen molar-refractivity contribution in [2.24, 2.45) is 0 Å². The average molecular weight is 210 g/mol. The van der Waals surface area contributed by atoms with Crippen LogP contribution in [0.2, 0.25) is 0 Å². The van der Waals surface area contributed by atoms with Crippen molar-refractivity contribution in [1.82, 2.24) is 0 Å². The Morgan fingerprint density at radius 1 is 1.46 bits per heavy atom. The zero-order valence-corrected chi connectivity index (χ0v) is 8.79. The van der Waals surface area contributed by atoms with E-state index in [9.17, 15) is 4.57 Å². The van der Waals surface area contributed by atoms with Crippen LogP contribution in [-0.2, 0) is 22.9 Å². The Kier molecular flexibility index (Phi) is 4.35. The van der Waals surface area contributed by atoms with Crippen molar-refractivity contribution < 1.29 is 22.9 Å². The van der Waals surface area contributed by atoms with Crippen molar-refractivity contribution in [2.45, 2.75) is 18.9 Å². The third-order valence-electron chi connectivity index (χ3n) is 1.89. The fraction of sp³-hybridized carbons (Fsp3) is 1.00. The monoisotopic (exact) mass is 210 g/mol. The summed E-state index contributed by atoms with van der Waals surface area (Å²) >= 11 is 0. The van der Waals surface area contributed by atoms with E-state index in [2.05, 4.69) is 9.05 Å². The summed E-state index contributed by atoms with van der Waals surface area (Å²) in [5, 5.41) is 0. The van der Waals surface area contributed by atoms with E-state index in [4.69, 9.17) is 9.26 Å². The quantitative estimate of drug-likeness (QED) is 0.645. The van der Waals surface area contributed by atoms with Gasteiger partial charge < -0.3 is 4.74 Å².